The lowest BCUT2D eigenvalue weighted by Crippen LogP contribution is -2.33. The molecule has 3 rings (SSSR count). The van der Waals surface area contributed by atoms with Crippen LogP contribution in [-0.2, 0) is 11.2 Å². The van der Waals surface area contributed by atoms with E-state index in [0.717, 1.165) is 5.56 Å². The molecular weight excluding hydrogens is 356 g/mol. The van der Waals surface area contributed by atoms with Gasteiger partial charge in [-0.2, -0.15) is 0 Å². The number of carbonyl (C=O) groups is 3. The van der Waals surface area contributed by atoms with E-state index in [1.165, 1.54) is 6.08 Å². The van der Waals surface area contributed by atoms with Gasteiger partial charge >= 0.3 is 6.09 Å². The third-order valence-electron chi connectivity index (χ3n) is 4.38. The van der Waals surface area contributed by atoms with Gasteiger partial charge < -0.3 is 15.0 Å². The van der Waals surface area contributed by atoms with Gasteiger partial charge in [-0.05, 0) is 51.3 Å². The maximum Gasteiger partial charge on any atom is 0.407 e. The van der Waals surface area contributed by atoms with Crippen LogP contribution in [0.25, 0.3) is 5.57 Å². The van der Waals surface area contributed by atoms with Gasteiger partial charge in [-0.3, -0.25) is 9.59 Å². The van der Waals surface area contributed by atoms with E-state index in [2.05, 4.69) is 10.3 Å². The third kappa shape index (κ3) is 4.22. The van der Waals surface area contributed by atoms with Gasteiger partial charge in [0.2, 0.25) is 5.78 Å². The van der Waals surface area contributed by atoms with Crippen LogP contribution in [0.4, 0.5) is 4.79 Å². The highest BCUT2D eigenvalue weighted by Gasteiger charge is 2.30. The number of carbonyl (C=O) groups excluding carboxylic acids is 3. The van der Waals surface area contributed by atoms with Gasteiger partial charge in [-0.15, -0.1) is 0 Å². The highest BCUT2D eigenvalue weighted by molar-refractivity contribution is 6.38. The molecule has 0 aliphatic heterocycles. The second kappa shape index (κ2) is 7.46. The molecule has 1 aliphatic carbocycles. The fourth-order valence-corrected chi connectivity index (χ4v) is 3.08. The number of ether oxygens (including phenoxy) is 1. The first kappa shape index (κ1) is 19.6. The first-order valence-electron chi connectivity index (χ1n) is 9.20. The van der Waals surface area contributed by atoms with Crippen molar-refractivity contribution in [3.05, 3.63) is 64.5 Å². The molecule has 0 saturated carbocycles. The van der Waals surface area contributed by atoms with Crippen LogP contribution in [0.15, 0.2) is 36.5 Å². The van der Waals surface area contributed by atoms with Crippen molar-refractivity contribution in [3.8, 4) is 0 Å². The molecular formula is C22H24N2O4. The lowest BCUT2D eigenvalue weighted by Gasteiger charge is -2.19. The second-order valence-electron chi connectivity index (χ2n) is 7.86. The number of aromatic amines is 1. The monoisotopic (exact) mass is 380 g/mol. The molecule has 0 spiro atoms. The van der Waals surface area contributed by atoms with Crippen LogP contribution >= 0.6 is 0 Å². The number of nitrogens with one attached hydrogen (secondary N) is 2. The summed E-state index contributed by atoms with van der Waals surface area (Å²) in [5, 5.41) is 2.67. The zero-order valence-corrected chi connectivity index (χ0v) is 16.5. The van der Waals surface area contributed by atoms with E-state index in [4.69, 9.17) is 4.74 Å². The minimum atomic E-state index is -0.576. The summed E-state index contributed by atoms with van der Waals surface area (Å²) >= 11 is 0. The molecule has 6 nitrogen and oxygen atoms in total. The average molecular weight is 380 g/mol. The molecule has 0 fully saturated rings. The summed E-state index contributed by atoms with van der Waals surface area (Å²) in [6.45, 7) is 7.63. The molecule has 1 aliphatic rings. The van der Waals surface area contributed by atoms with Gasteiger partial charge in [0, 0.05) is 18.3 Å². The number of aromatic nitrogens is 1. The first-order valence-corrected chi connectivity index (χ1v) is 9.20. The molecule has 1 heterocycles. The van der Waals surface area contributed by atoms with Crippen LogP contribution in [0.1, 0.15) is 58.3 Å². The number of Topliss-reactive ketones (excluding diaryl/α,β-unsaturated/α-hetero) is 1. The Labute approximate surface area is 164 Å². The van der Waals surface area contributed by atoms with Gasteiger partial charge in [0.05, 0.1) is 11.3 Å². The van der Waals surface area contributed by atoms with Gasteiger partial charge in [0.25, 0.3) is 0 Å². The van der Waals surface area contributed by atoms with Crippen molar-refractivity contribution in [1.82, 2.24) is 10.3 Å². The predicted molar refractivity (Wildman–Crippen MR) is 107 cm³/mol. The van der Waals surface area contributed by atoms with Crippen molar-refractivity contribution in [2.24, 2.45) is 0 Å². The number of ketones is 2. The van der Waals surface area contributed by atoms with Crippen LogP contribution < -0.4 is 5.32 Å². The number of hydrogen-bond acceptors (Lipinski definition) is 4. The van der Waals surface area contributed by atoms with Crippen LogP contribution in [-0.4, -0.2) is 34.8 Å². The van der Waals surface area contributed by atoms with Crippen LogP contribution in [0, 0.1) is 6.92 Å². The Balaban J connectivity index is 1.76. The Morgan fingerprint density at radius 1 is 1.14 bits per heavy atom. The molecule has 2 N–H and O–H groups in total. The lowest BCUT2D eigenvalue weighted by molar-refractivity contribution is 0.0528. The third-order valence-corrected chi connectivity index (χ3v) is 4.38. The van der Waals surface area contributed by atoms with Gasteiger partial charge in [-0.25, -0.2) is 4.79 Å². The largest absolute Gasteiger partial charge is 0.444 e. The maximum atomic E-state index is 13.1. The van der Waals surface area contributed by atoms with Crippen LogP contribution in [0.5, 0.6) is 0 Å². The average Bonchev–Trinajstić information content (AvgIpc) is 3.02. The number of hydrogen-bond donors (Lipinski definition) is 2. The molecule has 6 heteroatoms. The van der Waals surface area contributed by atoms with E-state index in [0.29, 0.717) is 40.9 Å². The van der Waals surface area contributed by atoms with E-state index in [1.807, 2.05) is 31.2 Å². The number of amides is 1. The number of rotatable bonds is 4. The Hall–Kier alpha value is -3.15. The molecule has 0 atom stereocenters. The van der Waals surface area contributed by atoms with Crippen molar-refractivity contribution in [3.63, 3.8) is 0 Å². The first-order chi connectivity index (χ1) is 13.2. The summed E-state index contributed by atoms with van der Waals surface area (Å²) in [7, 11) is 0. The summed E-state index contributed by atoms with van der Waals surface area (Å²) in [6, 6.07) is 7.50. The van der Waals surface area contributed by atoms with Crippen molar-refractivity contribution in [1.29, 1.82) is 0 Å². The fraction of sp³-hybridized carbons (Fsp3) is 0.318. The van der Waals surface area contributed by atoms with Crippen molar-refractivity contribution >= 4 is 23.2 Å². The number of benzene rings is 1. The van der Waals surface area contributed by atoms with E-state index in [9.17, 15) is 14.4 Å². The summed E-state index contributed by atoms with van der Waals surface area (Å²) < 4.78 is 5.20. The van der Waals surface area contributed by atoms with E-state index in [1.54, 1.807) is 27.0 Å². The smallest absolute Gasteiger partial charge is 0.407 e. The number of alkyl carbamates (subject to hydrolysis) is 1. The number of H-pyrrole nitrogens is 1. The summed E-state index contributed by atoms with van der Waals surface area (Å²) in [4.78, 5) is 40.2. The minimum Gasteiger partial charge on any atom is -0.444 e. The molecule has 0 bridgehead atoms. The predicted octanol–water partition coefficient (Wildman–Crippen LogP) is 3.85. The van der Waals surface area contributed by atoms with Crippen molar-refractivity contribution < 1.29 is 19.1 Å². The summed E-state index contributed by atoms with van der Waals surface area (Å²) in [5.41, 5.74) is 2.99. The van der Waals surface area contributed by atoms with Gasteiger partial charge in [-0.1, -0.05) is 29.8 Å². The molecule has 0 unspecified atom stereocenters. The molecule has 146 valence electrons. The quantitative estimate of drug-likeness (QED) is 0.843. The zero-order chi connectivity index (χ0) is 20.5. The Morgan fingerprint density at radius 3 is 2.46 bits per heavy atom. The molecule has 0 radical (unpaired) electrons. The topological polar surface area (TPSA) is 88.3 Å². The zero-order valence-electron chi connectivity index (χ0n) is 16.5. The van der Waals surface area contributed by atoms with Crippen LogP contribution in [0.3, 0.4) is 0 Å². The standard InChI is InChI=1S/C22H24N2O4/c1-13-5-7-14(8-6-13)16-11-17(25)19-18(20(16)26)15(12-24-19)9-10-23-21(27)28-22(2,3)4/h5-8,11-12,24H,9-10H2,1-4H3,(H,23,27). The number of fused-ring (bicyclic) bond motifs is 1. The normalized spacial score (nSPS) is 13.8. The highest BCUT2D eigenvalue weighted by atomic mass is 16.6. The minimum absolute atomic E-state index is 0.188. The maximum absolute atomic E-state index is 13.1. The van der Waals surface area contributed by atoms with Crippen LogP contribution in [0.2, 0.25) is 0 Å². The molecule has 1 aromatic carbocycles. The van der Waals surface area contributed by atoms with Gasteiger partial charge in [0.15, 0.2) is 5.78 Å². The van der Waals surface area contributed by atoms with E-state index < -0.39 is 11.7 Å². The second-order valence-corrected chi connectivity index (χ2v) is 7.86. The van der Waals surface area contributed by atoms with Crippen molar-refractivity contribution in [2.45, 2.75) is 39.7 Å². The number of aryl methyl sites for hydroxylation is 1. The Morgan fingerprint density at radius 2 is 1.82 bits per heavy atom. The van der Waals surface area contributed by atoms with E-state index >= 15 is 0 Å². The number of allylic oxidation sites excluding steroid dienone is 2. The Kier molecular flexibility index (Phi) is 5.23. The summed E-state index contributed by atoms with van der Waals surface area (Å²) in [6.07, 6.45) is 2.93. The molecule has 28 heavy (non-hydrogen) atoms. The summed E-state index contributed by atoms with van der Waals surface area (Å²) in [5.74, 6) is -0.413. The van der Waals surface area contributed by atoms with Gasteiger partial charge in [0.1, 0.15) is 5.60 Å². The fourth-order valence-electron chi connectivity index (χ4n) is 3.08. The lowest BCUT2D eigenvalue weighted by atomic mass is 9.87. The molecule has 0 saturated heterocycles. The molecule has 2 aromatic rings. The van der Waals surface area contributed by atoms with E-state index in [-0.39, 0.29) is 11.6 Å². The molecule has 1 amide bonds. The SMILES string of the molecule is Cc1ccc(C2=CC(=O)c3[nH]cc(CCNC(=O)OC(C)(C)C)c3C2=O)cc1. The molecule has 1 aromatic heterocycles. The highest BCUT2D eigenvalue weighted by Crippen LogP contribution is 2.30. The Bertz CT molecular complexity index is 959. The van der Waals surface area contributed by atoms with Crippen molar-refractivity contribution in [2.75, 3.05) is 6.54 Å².